The Balaban J connectivity index is 1.82. The van der Waals surface area contributed by atoms with Crippen LogP contribution in [0.5, 0.6) is 0 Å². The van der Waals surface area contributed by atoms with Gasteiger partial charge in [-0.2, -0.15) is 0 Å². The Bertz CT molecular complexity index is 520. The van der Waals surface area contributed by atoms with Gasteiger partial charge in [0.05, 0.1) is 12.3 Å². The third-order valence-corrected chi connectivity index (χ3v) is 9.51. The quantitative estimate of drug-likeness (QED) is 0.737. The molecule has 0 aromatic heterocycles. The number of hydrogen-bond acceptors (Lipinski definition) is 3. The van der Waals surface area contributed by atoms with Gasteiger partial charge in [-0.25, -0.2) is 0 Å². The third-order valence-electron chi connectivity index (χ3n) is 6.34. The van der Waals surface area contributed by atoms with Crippen molar-refractivity contribution in [2.24, 2.45) is 23.7 Å². The zero-order chi connectivity index (χ0) is 17.3. The van der Waals surface area contributed by atoms with Gasteiger partial charge >= 0.3 is 11.9 Å². The number of carboxylic acid groups (broad SMARTS) is 2. The molecule has 6 atom stereocenters. The van der Waals surface area contributed by atoms with E-state index in [1.807, 2.05) is 0 Å². The second-order valence-electron chi connectivity index (χ2n) is 7.69. The van der Waals surface area contributed by atoms with Crippen molar-refractivity contribution in [1.29, 1.82) is 0 Å². The van der Waals surface area contributed by atoms with Gasteiger partial charge in [0.1, 0.15) is 0 Å². The van der Waals surface area contributed by atoms with Gasteiger partial charge in [-0.1, -0.05) is 25.7 Å². The second-order valence-corrected chi connectivity index (χ2v) is 10.1. The van der Waals surface area contributed by atoms with E-state index in [0.29, 0.717) is 23.0 Å². The zero-order valence-electron chi connectivity index (χ0n) is 14.0. The van der Waals surface area contributed by atoms with Gasteiger partial charge in [-0.05, 0) is 57.3 Å². The molecule has 1 saturated heterocycles. The largest absolute Gasteiger partial charge is 0.481 e. The van der Waals surface area contributed by atoms with Crippen molar-refractivity contribution in [3.63, 3.8) is 0 Å². The van der Waals surface area contributed by atoms with Crippen molar-refractivity contribution in [3.05, 3.63) is 0 Å². The molecule has 0 bridgehead atoms. The zero-order valence-corrected chi connectivity index (χ0v) is 14.9. The van der Waals surface area contributed by atoms with Gasteiger partial charge in [0.15, 0.2) is 5.52 Å². The van der Waals surface area contributed by atoms with E-state index < -0.39 is 25.8 Å². The first kappa shape index (κ1) is 17.8. The van der Waals surface area contributed by atoms with E-state index in [1.165, 1.54) is 19.3 Å². The van der Waals surface area contributed by atoms with Crippen LogP contribution in [0, 0.1) is 23.7 Å². The highest BCUT2D eigenvalue weighted by Crippen LogP contribution is 2.62. The molecule has 24 heavy (non-hydrogen) atoms. The van der Waals surface area contributed by atoms with Crippen LogP contribution >= 0.6 is 7.92 Å². The van der Waals surface area contributed by atoms with E-state index in [1.54, 1.807) is 0 Å². The minimum absolute atomic E-state index is 0.128. The summed E-state index contributed by atoms with van der Waals surface area (Å²) in [6, 6.07) is 0. The molecule has 3 rings (SSSR count). The van der Waals surface area contributed by atoms with Crippen molar-refractivity contribution in [2.45, 2.75) is 63.4 Å². The lowest BCUT2D eigenvalue weighted by Gasteiger charge is -2.51. The molecule has 5 nitrogen and oxygen atoms in total. The number of fused-ring (bicyclic) bond motifs is 3. The van der Waals surface area contributed by atoms with E-state index in [-0.39, 0.29) is 18.5 Å². The predicted molar refractivity (Wildman–Crippen MR) is 91.4 cm³/mol. The monoisotopic (exact) mass is 354 g/mol. The van der Waals surface area contributed by atoms with Crippen LogP contribution in [-0.4, -0.2) is 39.5 Å². The number of rotatable bonds is 5. The molecule has 1 aliphatic heterocycles. The molecule has 2 N–H and O–H groups in total. The lowest BCUT2D eigenvalue weighted by Crippen LogP contribution is -2.45. The maximum absolute atomic E-state index is 13.1. The molecule has 1 heterocycles. The first-order valence-electron chi connectivity index (χ1n) is 9.24. The van der Waals surface area contributed by atoms with Crippen LogP contribution in [0.3, 0.4) is 0 Å². The second kappa shape index (κ2) is 7.51. The number of aliphatic carboxylic acids is 2. The normalized spacial score (nSPS) is 37.2. The van der Waals surface area contributed by atoms with Crippen LogP contribution in [0.25, 0.3) is 0 Å². The molecular weight excluding hydrogens is 327 g/mol. The van der Waals surface area contributed by atoms with Crippen LogP contribution in [-0.2, 0) is 14.4 Å². The summed E-state index contributed by atoms with van der Waals surface area (Å²) in [5.41, 5.74) is 0.658. The van der Waals surface area contributed by atoms with E-state index in [9.17, 15) is 19.5 Å². The fourth-order valence-corrected chi connectivity index (χ4v) is 8.90. The van der Waals surface area contributed by atoms with Crippen molar-refractivity contribution in [2.75, 3.05) is 6.16 Å². The molecule has 6 unspecified atom stereocenters. The average molecular weight is 354 g/mol. The summed E-state index contributed by atoms with van der Waals surface area (Å²) in [4.78, 5) is 35.6. The van der Waals surface area contributed by atoms with Gasteiger partial charge in [0.2, 0.25) is 0 Å². The van der Waals surface area contributed by atoms with Crippen molar-refractivity contribution in [3.8, 4) is 0 Å². The van der Waals surface area contributed by atoms with Gasteiger partial charge < -0.3 is 10.2 Å². The van der Waals surface area contributed by atoms with Crippen molar-refractivity contribution < 1.29 is 24.6 Å². The molecule has 134 valence electrons. The molecule has 0 amide bonds. The molecule has 0 aromatic rings. The highest BCUT2D eigenvalue weighted by Gasteiger charge is 2.51. The first-order valence-corrected chi connectivity index (χ1v) is 10.8. The molecule has 0 spiro atoms. The smallest absolute Gasteiger partial charge is 0.307 e. The van der Waals surface area contributed by atoms with E-state index in [2.05, 4.69) is 0 Å². The van der Waals surface area contributed by atoms with Crippen molar-refractivity contribution in [1.82, 2.24) is 0 Å². The number of carbonyl (C=O) groups excluding carboxylic acids is 1. The maximum atomic E-state index is 13.1. The first-order chi connectivity index (χ1) is 11.5. The van der Waals surface area contributed by atoms with E-state index in [0.717, 1.165) is 32.1 Å². The van der Waals surface area contributed by atoms with Crippen molar-refractivity contribution >= 4 is 25.4 Å². The van der Waals surface area contributed by atoms with Gasteiger partial charge in [-0.15, -0.1) is 0 Å². The van der Waals surface area contributed by atoms with E-state index >= 15 is 0 Å². The minimum Gasteiger partial charge on any atom is -0.481 e. The summed E-state index contributed by atoms with van der Waals surface area (Å²) < 4.78 is 0. The fraction of sp³-hybridized carbons (Fsp3) is 0.833. The van der Waals surface area contributed by atoms with Gasteiger partial charge in [-0.3, -0.25) is 14.4 Å². The summed E-state index contributed by atoms with van der Waals surface area (Å²) in [5, 5.41) is 18.4. The average Bonchev–Trinajstić information content (AvgIpc) is 2.57. The topological polar surface area (TPSA) is 91.7 Å². The highest BCUT2D eigenvalue weighted by molar-refractivity contribution is 7.75. The standard InChI is InChI=1S/C18H27O5P/c19-16(20)9-11(17(21)22)10-24-15-8-4-3-6-13(15)12-5-1-2-7-14(12)18(24)23/h11-15H,1-10H2,(H,19,20)(H,21,22). The van der Waals surface area contributed by atoms with Gasteiger partial charge in [0.25, 0.3) is 0 Å². The predicted octanol–water partition coefficient (Wildman–Crippen LogP) is 3.55. The van der Waals surface area contributed by atoms with Crippen LogP contribution in [0.4, 0.5) is 0 Å². The lowest BCUT2D eigenvalue weighted by molar-refractivity contribution is -0.147. The summed E-state index contributed by atoms with van der Waals surface area (Å²) in [5.74, 6) is -1.85. The molecular formula is C18H27O5P. The Morgan fingerprint density at radius 2 is 1.62 bits per heavy atom. The third kappa shape index (κ3) is 3.51. The lowest BCUT2D eigenvalue weighted by atomic mass is 9.67. The number of hydrogen-bond donors (Lipinski definition) is 2. The van der Waals surface area contributed by atoms with E-state index in [4.69, 9.17) is 5.11 Å². The summed E-state index contributed by atoms with van der Waals surface area (Å²) >= 11 is 0. The minimum atomic E-state index is -1.09. The highest BCUT2D eigenvalue weighted by atomic mass is 31.1. The molecule has 3 aliphatic rings. The summed E-state index contributed by atoms with van der Waals surface area (Å²) in [7, 11) is -1.02. The van der Waals surface area contributed by atoms with Crippen LogP contribution in [0.2, 0.25) is 0 Å². The molecule has 0 radical (unpaired) electrons. The van der Waals surface area contributed by atoms with Gasteiger partial charge in [0, 0.05) is 5.92 Å². The SMILES string of the molecule is O=C(O)CC(CP1C(=O)C2CCCCC2C2CCCCC21)C(=O)O. The Morgan fingerprint density at radius 1 is 1.00 bits per heavy atom. The summed E-state index contributed by atoms with van der Waals surface area (Å²) in [6.45, 7) is 0. The number of carbonyl (C=O) groups is 3. The molecule has 3 fully saturated rings. The maximum Gasteiger partial charge on any atom is 0.307 e. The molecule has 2 aliphatic carbocycles. The van der Waals surface area contributed by atoms with Crippen LogP contribution in [0.15, 0.2) is 0 Å². The fourth-order valence-electron chi connectivity index (χ4n) is 5.28. The van der Waals surface area contributed by atoms with Crippen LogP contribution in [0.1, 0.15) is 57.8 Å². The van der Waals surface area contributed by atoms with Crippen LogP contribution < -0.4 is 0 Å². The Kier molecular flexibility index (Phi) is 5.59. The molecule has 6 heteroatoms. The summed E-state index contributed by atoms with van der Waals surface area (Å²) in [6.07, 6.45) is 8.89. The number of carboxylic acids is 2. The molecule has 0 aromatic carbocycles. The Morgan fingerprint density at radius 3 is 2.29 bits per heavy atom. The Labute approximate surface area is 143 Å². The molecule has 2 saturated carbocycles. The Hall–Kier alpha value is -0.960.